The van der Waals surface area contributed by atoms with Crippen molar-refractivity contribution in [3.05, 3.63) is 53.1 Å². The van der Waals surface area contributed by atoms with Gasteiger partial charge in [-0.1, -0.05) is 12.1 Å². The first-order valence-electron chi connectivity index (χ1n) is 9.99. The molecule has 0 spiro atoms. The minimum absolute atomic E-state index is 0.0278. The number of carbonyl (C=O) groups excluding carboxylic acids is 2. The van der Waals surface area contributed by atoms with Crippen LogP contribution in [0.4, 0.5) is 0 Å². The molecule has 2 aromatic carbocycles. The topological polar surface area (TPSA) is 77.5 Å². The Labute approximate surface area is 190 Å². The SMILES string of the molecule is CCOc1cc(C=C2C(=O)N(C)C(=S)N(C)C2=O)ccc1OCc1ccc2c(c1)OCO2. The highest BCUT2D eigenvalue weighted by atomic mass is 32.1. The van der Waals surface area contributed by atoms with Gasteiger partial charge >= 0.3 is 0 Å². The summed E-state index contributed by atoms with van der Waals surface area (Å²) in [6.45, 7) is 2.82. The number of fused-ring (bicyclic) bond motifs is 1. The van der Waals surface area contributed by atoms with E-state index in [1.165, 1.54) is 15.9 Å². The average Bonchev–Trinajstić information content (AvgIpc) is 3.27. The zero-order valence-electron chi connectivity index (χ0n) is 17.9. The van der Waals surface area contributed by atoms with Crippen LogP contribution in [0.1, 0.15) is 18.1 Å². The maximum Gasteiger partial charge on any atom is 0.265 e. The van der Waals surface area contributed by atoms with Crippen LogP contribution >= 0.6 is 12.2 Å². The summed E-state index contributed by atoms with van der Waals surface area (Å²) in [5.41, 5.74) is 1.58. The zero-order chi connectivity index (χ0) is 22.8. The van der Waals surface area contributed by atoms with E-state index in [4.69, 9.17) is 31.2 Å². The number of hydrogen-bond donors (Lipinski definition) is 0. The fourth-order valence-electron chi connectivity index (χ4n) is 3.34. The normalized spacial score (nSPS) is 15.3. The summed E-state index contributed by atoms with van der Waals surface area (Å²) in [5.74, 6) is 1.57. The lowest BCUT2D eigenvalue weighted by Gasteiger charge is -2.31. The largest absolute Gasteiger partial charge is 0.490 e. The van der Waals surface area contributed by atoms with Gasteiger partial charge in [0, 0.05) is 14.1 Å². The molecule has 0 unspecified atom stereocenters. The number of nitrogens with zero attached hydrogens (tertiary/aromatic N) is 2. The average molecular weight is 455 g/mol. The third-order valence-electron chi connectivity index (χ3n) is 5.05. The van der Waals surface area contributed by atoms with Crippen LogP contribution in [-0.2, 0) is 16.2 Å². The third kappa shape index (κ3) is 4.11. The van der Waals surface area contributed by atoms with Crippen molar-refractivity contribution in [2.75, 3.05) is 27.5 Å². The fourth-order valence-corrected chi connectivity index (χ4v) is 3.50. The number of rotatable bonds is 6. The summed E-state index contributed by atoms with van der Waals surface area (Å²) < 4.78 is 22.4. The number of hydrogen-bond acceptors (Lipinski definition) is 7. The number of benzene rings is 2. The minimum Gasteiger partial charge on any atom is -0.490 e. The molecule has 0 bridgehead atoms. The van der Waals surface area contributed by atoms with Crippen molar-refractivity contribution in [2.45, 2.75) is 13.5 Å². The molecule has 2 aliphatic heterocycles. The Morgan fingerprint density at radius 2 is 1.69 bits per heavy atom. The predicted octanol–water partition coefficient (Wildman–Crippen LogP) is 2.99. The smallest absolute Gasteiger partial charge is 0.265 e. The molecule has 4 rings (SSSR count). The maximum atomic E-state index is 12.6. The van der Waals surface area contributed by atoms with Gasteiger partial charge in [0.25, 0.3) is 11.8 Å². The summed E-state index contributed by atoms with van der Waals surface area (Å²) in [4.78, 5) is 27.7. The van der Waals surface area contributed by atoms with Crippen molar-refractivity contribution < 1.29 is 28.5 Å². The number of carbonyl (C=O) groups is 2. The van der Waals surface area contributed by atoms with Crippen molar-refractivity contribution >= 4 is 35.2 Å². The van der Waals surface area contributed by atoms with Crippen molar-refractivity contribution in [1.29, 1.82) is 0 Å². The van der Waals surface area contributed by atoms with E-state index in [1.807, 2.05) is 25.1 Å². The van der Waals surface area contributed by atoms with E-state index in [0.717, 1.165) is 5.56 Å². The molecule has 32 heavy (non-hydrogen) atoms. The summed E-state index contributed by atoms with van der Waals surface area (Å²) in [6.07, 6.45) is 1.53. The van der Waals surface area contributed by atoms with Crippen LogP contribution < -0.4 is 18.9 Å². The van der Waals surface area contributed by atoms with Crippen molar-refractivity contribution in [2.24, 2.45) is 0 Å². The third-order valence-corrected chi connectivity index (χ3v) is 5.60. The molecule has 0 radical (unpaired) electrons. The Morgan fingerprint density at radius 3 is 2.41 bits per heavy atom. The summed E-state index contributed by atoms with van der Waals surface area (Å²) in [7, 11) is 3.08. The fraction of sp³-hybridized carbons (Fsp3) is 0.261. The standard InChI is InChI=1S/C23H22N2O6S/c1-4-28-19-10-14(9-16-21(26)24(2)23(32)25(3)22(16)27)5-7-17(19)29-12-15-6-8-18-20(11-15)31-13-30-18/h5-11H,4,12-13H2,1-3H3. The Bertz CT molecular complexity index is 1100. The first-order chi connectivity index (χ1) is 15.4. The lowest BCUT2D eigenvalue weighted by molar-refractivity contribution is -0.132. The van der Waals surface area contributed by atoms with Crippen molar-refractivity contribution in [3.8, 4) is 23.0 Å². The molecule has 2 amide bonds. The Morgan fingerprint density at radius 1 is 0.969 bits per heavy atom. The second-order valence-electron chi connectivity index (χ2n) is 7.18. The Balaban J connectivity index is 1.56. The molecule has 0 aromatic heterocycles. The molecule has 166 valence electrons. The molecule has 0 saturated carbocycles. The maximum absolute atomic E-state index is 12.6. The highest BCUT2D eigenvalue weighted by molar-refractivity contribution is 7.80. The van der Waals surface area contributed by atoms with E-state index in [-0.39, 0.29) is 17.5 Å². The quantitative estimate of drug-likeness (QED) is 0.377. The van der Waals surface area contributed by atoms with Crippen LogP contribution in [0.15, 0.2) is 42.0 Å². The molecular formula is C23H22N2O6S. The van der Waals surface area contributed by atoms with Gasteiger partial charge in [-0.15, -0.1) is 0 Å². The molecule has 1 fully saturated rings. The second-order valence-corrected chi connectivity index (χ2v) is 7.55. The summed E-state index contributed by atoms with van der Waals surface area (Å²) in [6, 6.07) is 10.9. The van der Waals surface area contributed by atoms with E-state index < -0.39 is 11.8 Å². The molecule has 2 aromatic rings. The molecule has 0 atom stereocenters. The van der Waals surface area contributed by atoms with Crippen LogP contribution in [0.2, 0.25) is 0 Å². The van der Waals surface area contributed by atoms with Gasteiger partial charge in [-0.2, -0.15) is 0 Å². The molecule has 2 heterocycles. The summed E-state index contributed by atoms with van der Waals surface area (Å²) >= 11 is 5.12. The van der Waals surface area contributed by atoms with Crippen LogP contribution in [-0.4, -0.2) is 54.2 Å². The van der Waals surface area contributed by atoms with Crippen LogP contribution in [0.3, 0.4) is 0 Å². The summed E-state index contributed by atoms with van der Waals surface area (Å²) in [5, 5.41) is 0.166. The molecule has 0 N–H and O–H groups in total. The van der Waals surface area contributed by atoms with Gasteiger partial charge in [0.1, 0.15) is 12.2 Å². The lowest BCUT2D eigenvalue weighted by Crippen LogP contribution is -2.52. The van der Waals surface area contributed by atoms with Crippen LogP contribution in [0.25, 0.3) is 6.08 Å². The second kappa shape index (κ2) is 8.88. The van der Waals surface area contributed by atoms with E-state index in [1.54, 1.807) is 32.3 Å². The Kier molecular flexibility index (Phi) is 6.00. The molecule has 2 aliphatic rings. The highest BCUT2D eigenvalue weighted by Gasteiger charge is 2.35. The van der Waals surface area contributed by atoms with Gasteiger partial charge < -0.3 is 18.9 Å². The number of ether oxygens (including phenoxy) is 4. The number of likely N-dealkylation sites (N-methyl/N-ethyl adjacent to an activating group) is 2. The van der Waals surface area contributed by atoms with E-state index >= 15 is 0 Å². The van der Waals surface area contributed by atoms with E-state index in [0.29, 0.717) is 41.8 Å². The van der Waals surface area contributed by atoms with Gasteiger partial charge in [-0.25, -0.2) is 0 Å². The number of thiocarbonyl (C=S) groups is 1. The van der Waals surface area contributed by atoms with Crippen LogP contribution in [0, 0.1) is 0 Å². The molecule has 1 saturated heterocycles. The minimum atomic E-state index is -0.445. The lowest BCUT2D eigenvalue weighted by atomic mass is 10.1. The molecular weight excluding hydrogens is 432 g/mol. The van der Waals surface area contributed by atoms with Gasteiger partial charge in [0.15, 0.2) is 28.1 Å². The van der Waals surface area contributed by atoms with Gasteiger partial charge in [0.2, 0.25) is 6.79 Å². The zero-order valence-corrected chi connectivity index (χ0v) is 18.7. The molecule has 9 heteroatoms. The Hall–Kier alpha value is -3.59. The van der Waals surface area contributed by atoms with Crippen LogP contribution in [0.5, 0.6) is 23.0 Å². The van der Waals surface area contributed by atoms with E-state index in [9.17, 15) is 9.59 Å². The van der Waals surface area contributed by atoms with Gasteiger partial charge in [0.05, 0.1) is 6.61 Å². The van der Waals surface area contributed by atoms with Crippen molar-refractivity contribution in [3.63, 3.8) is 0 Å². The van der Waals surface area contributed by atoms with Gasteiger partial charge in [-0.3, -0.25) is 19.4 Å². The van der Waals surface area contributed by atoms with Gasteiger partial charge in [-0.05, 0) is 60.6 Å². The first kappa shape index (κ1) is 21.6. The first-order valence-corrected chi connectivity index (χ1v) is 10.4. The molecule has 8 nitrogen and oxygen atoms in total. The van der Waals surface area contributed by atoms with E-state index in [2.05, 4.69) is 0 Å². The highest BCUT2D eigenvalue weighted by Crippen LogP contribution is 2.34. The predicted molar refractivity (Wildman–Crippen MR) is 121 cm³/mol. The molecule has 0 aliphatic carbocycles. The monoisotopic (exact) mass is 454 g/mol. The number of amides is 2. The van der Waals surface area contributed by atoms with Crippen molar-refractivity contribution in [1.82, 2.24) is 9.80 Å².